The fourth-order valence-corrected chi connectivity index (χ4v) is 8.99. The second kappa shape index (κ2) is 43.3. The van der Waals surface area contributed by atoms with Crippen LogP contribution in [0.15, 0.2) is 0 Å². The van der Waals surface area contributed by atoms with Crippen LogP contribution >= 0.6 is 11.8 Å². The van der Waals surface area contributed by atoms with Gasteiger partial charge in [0.2, 0.25) is 5.91 Å². The van der Waals surface area contributed by atoms with Crippen molar-refractivity contribution in [1.82, 2.24) is 10.2 Å². The van der Waals surface area contributed by atoms with Gasteiger partial charge >= 0.3 is 11.9 Å². The Morgan fingerprint density at radius 2 is 1.07 bits per heavy atom. The van der Waals surface area contributed by atoms with Crippen molar-refractivity contribution in [3.8, 4) is 0 Å². The van der Waals surface area contributed by atoms with Gasteiger partial charge in [-0.3, -0.25) is 19.3 Å². The summed E-state index contributed by atoms with van der Waals surface area (Å²) in [4.78, 5) is 41.8. The Morgan fingerprint density at radius 1 is 0.610 bits per heavy atom. The maximum absolute atomic E-state index is 13.8. The zero-order chi connectivity index (χ0) is 42.7. The van der Waals surface area contributed by atoms with Gasteiger partial charge in [0.1, 0.15) is 6.10 Å². The summed E-state index contributed by atoms with van der Waals surface area (Å²) in [5.41, 5.74) is 0. The Hall–Kier alpha value is -1.32. The minimum absolute atomic E-state index is 0.0940. The standard InChI is InChI=1S/C50H96N2O6S/c1-4-7-10-13-16-17-18-19-20-21-22-23-24-25-28-31-40-57-49(54)35-43-59-45-46(44-48(53)51-36-32-37-52-38-41-56-42-39-52)50(55)58-47(33-29-26-14-11-8-5-2)34-30-27-15-12-9-6-3/h46-47H,4-45H2,1-3H3,(H,51,53). The molecule has 1 aliphatic rings. The average Bonchev–Trinajstić information content (AvgIpc) is 3.24. The van der Waals surface area contributed by atoms with Crippen LogP contribution in [0.3, 0.4) is 0 Å². The molecule has 1 amide bonds. The molecule has 1 saturated heterocycles. The molecule has 1 fully saturated rings. The first-order chi connectivity index (χ1) is 29.0. The number of carbonyl (C=O) groups excluding carboxylic acids is 3. The van der Waals surface area contributed by atoms with E-state index in [9.17, 15) is 14.4 Å². The van der Waals surface area contributed by atoms with Gasteiger partial charge in [0.05, 0.1) is 32.2 Å². The molecule has 0 aliphatic carbocycles. The van der Waals surface area contributed by atoms with E-state index in [1.807, 2.05) is 0 Å². The number of amides is 1. The second-order valence-electron chi connectivity index (χ2n) is 17.6. The van der Waals surface area contributed by atoms with Gasteiger partial charge in [0.15, 0.2) is 0 Å². The number of hydrogen-bond acceptors (Lipinski definition) is 8. The molecule has 8 nitrogen and oxygen atoms in total. The molecule has 0 saturated carbocycles. The summed E-state index contributed by atoms with van der Waals surface area (Å²) < 4.78 is 17.3. The molecule has 1 unspecified atom stereocenters. The number of esters is 2. The van der Waals surface area contributed by atoms with E-state index < -0.39 is 5.92 Å². The fourth-order valence-electron chi connectivity index (χ4n) is 7.98. The normalized spacial score (nSPS) is 13.8. The van der Waals surface area contributed by atoms with Gasteiger partial charge in [-0.15, -0.1) is 0 Å². The number of nitrogens with one attached hydrogen (secondary N) is 1. The lowest BCUT2D eigenvalue weighted by atomic mass is 10.0. The van der Waals surface area contributed by atoms with Gasteiger partial charge < -0.3 is 19.5 Å². The van der Waals surface area contributed by atoms with E-state index in [4.69, 9.17) is 14.2 Å². The number of hydrogen-bond donors (Lipinski definition) is 1. The Morgan fingerprint density at radius 3 is 1.56 bits per heavy atom. The molecule has 0 bridgehead atoms. The third kappa shape index (κ3) is 37.0. The minimum atomic E-state index is -0.531. The zero-order valence-electron chi connectivity index (χ0n) is 39.2. The van der Waals surface area contributed by atoms with Crippen molar-refractivity contribution >= 4 is 29.6 Å². The van der Waals surface area contributed by atoms with Crippen molar-refractivity contribution in [2.75, 3.05) is 57.5 Å². The molecule has 59 heavy (non-hydrogen) atoms. The first-order valence-electron chi connectivity index (χ1n) is 25.5. The predicted molar refractivity (Wildman–Crippen MR) is 251 cm³/mol. The molecule has 0 aromatic carbocycles. The summed E-state index contributed by atoms with van der Waals surface area (Å²) in [5.74, 6) is -0.0230. The highest BCUT2D eigenvalue weighted by Crippen LogP contribution is 2.22. The van der Waals surface area contributed by atoms with E-state index >= 15 is 0 Å². The highest BCUT2D eigenvalue weighted by Gasteiger charge is 2.26. The maximum Gasteiger partial charge on any atom is 0.310 e. The Balaban J connectivity index is 2.43. The lowest BCUT2D eigenvalue weighted by Gasteiger charge is -2.26. The quantitative estimate of drug-likeness (QED) is 0.0478. The molecule has 1 atom stereocenters. The number of rotatable bonds is 44. The molecule has 0 aromatic rings. The molecule has 9 heteroatoms. The molecule has 1 rings (SSSR count). The van der Waals surface area contributed by atoms with Crippen LogP contribution in [0, 0.1) is 5.92 Å². The third-order valence-corrected chi connectivity index (χ3v) is 13.0. The van der Waals surface area contributed by atoms with Gasteiger partial charge in [0, 0.05) is 37.6 Å². The molecular formula is C50H96N2O6S. The van der Waals surface area contributed by atoms with Gasteiger partial charge in [-0.2, -0.15) is 11.8 Å². The van der Waals surface area contributed by atoms with E-state index in [1.165, 1.54) is 154 Å². The average molecular weight is 853 g/mol. The minimum Gasteiger partial charge on any atom is -0.466 e. The van der Waals surface area contributed by atoms with Crippen molar-refractivity contribution < 1.29 is 28.6 Å². The summed E-state index contributed by atoms with van der Waals surface area (Å²) >= 11 is 1.56. The van der Waals surface area contributed by atoms with Crippen molar-refractivity contribution in [2.24, 2.45) is 5.92 Å². The topological polar surface area (TPSA) is 94.2 Å². The van der Waals surface area contributed by atoms with Crippen LogP contribution in [0.4, 0.5) is 0 Å². The zero-order valence-corrected chi connectivity index (χ0v) is 40.0. The van der Waals surface area contributed by atoms with Gasteiger partial charge in [-0.1, -0.05) is 181 Å². The molecule has 0 spiro atoms. The smallest absolute Gasteiger partial charge is 0.310 e. The van der Waals surface area contributed by atoms with Gasteiger partial charge in [0.25, 0.3) is 0 Å². The van der Waals surface area contributed by atoms with Crippen molar-refractivity contribution in [1.29, 1.82) is 0 Å². The van der Waals surface area contributed by atoms with Crippen LogP contribution in [0.1, 0.15) is 233 Å². The molecular weight excluding hydrogens is 757 g/mol. The summed E-state index contributed by atoms with van der Waals surface area (Å²) in [7, 11) is 0. The highest BCUT2D eigenvalue weighted by atomic mass is 32.2. The SMILES string of the molecule is CCCCCCCCCCCCCCCCCCOC(=O)CCSCC(CC(=O)NCCCN1CCOCC1)C(=O)OC(CCCCCCCC)CCCCCCCC. The summed E-state index contributed by atoms with van der Waals surface area (Å²) in [5, 5.41) is 3.06. The Labute approximate surface area is 369 Å². The van der Waals surface area contributed by atoms with E-state index in [-0.39, 0.29) is 30.4 Å². The second-order valence-corrected chi connectivity index (χ2v) is 18.7. The fraction of sp³-hybridized carbons (Fsp3) is 0.940. The van der Waals surface area contributed by atoms with Gasteiger partial charge in [-0.25, -0.2) is 0 Å². The monoisotopic (exact) mass is 853 g/mol. The van der Waals surface area contributed by atoms with Crippen LogP contribution in [0.25, 0.3) is 0 Å². The van der Waals surface area contributed by atoms with Crippen LogP contribution in [0.2, 0.25) is 0 Å². The first kappa shape index (κ1) is 55.7. The van der Waals surface area contributed by atoms with Crippen LogP contribution in [-0.2, 0) is 28.6 Å². The molecule has 0 aromatic heterocycles. The number of nitrogens with zero attached hydrogens (tertiary/aromatic N) is 1. The number of unbranched alkanes of at least 4 members (excludes halogenated alkanes) is 25. The third-order valence-electron chi connectivity index (χ3n) is 11.9. The molecule has 1 heterocycles. The van der Waals surface area contributed by atoms with E-state index in [2.05, 4.69) is 31.0 Å². The highest BCUT2D eigenvalue weighted by molar-refractivity contribution is 7.99. The maximum atomic E-state index is 13.8. The van der Waals surface area contributed by atoms with E-state index in [1.54, 1.807) is 11.8 Å². The molecule has 1 aliphatic heterocycles. The lowest BCUT2D eigenvalue weighted by Crippen LogP contribution is -2.38. The van der Waals surface area contributed by atoms with Crippen LogP contribution in [0.5, 0.6) is 0 Å². The lowest BCUT2D eigenvalue weighted by molar-refractivity contribution is -0.155. The summed E-state index contributed by atoms with van der Waals surface area (Å²) in [6, 6.07) is 0. The number of ether oxygens (including phenoxy) is 3. The molecule has 1 N–H and O–H groups in total. The Kier molecular flexibility index (Phi) is 40.9. The summed E-state index contributed by atoms with van der Waals surface area (Å²) in [6.45, 7) is 12.2. The largest absolute Gasteiger partial charge is 0.466 e. The van der Waals surface area contributed by atoms with Crippen molar-refractivity contribution in [3.63, 3.8) is 0 Å². The molecule has 0 radical (unpaired) electrons. The molecule has 348 valence electrons. The first-order valence-corrected chi connectivity index (χ1v) is 26.7. The van der Waals surface area contributed by atoms with Crippen LogP contribution in [-0.4, -0.2) is 86.4 Å². The number of thioether (sulfide) groups is 1. The number of carbonyl (C=O) groups is 3. The Bertz CT molecular complexity index is 932. The van der Waals surface area contributed by atoms with Crippen molar-refractivity contribution in [3.05, 3.63) is 0 Å². The van der Waals surface area contributed by atoms with E-state index in [0.29, 0.717) is 31.1 Å². The van der Waals surface area contributed by atoms with E-state index in [0.717, 1.165) is 77.8 Å². The van der Waals surface area contributed by atoms with Crippen molar-refractivity contribution in [2.45, 2.75) is 239 Å². The predicted octanol–water partition coefficient (Wildman–Crippen LogP) is 13.2. The van der Waals surface area contributed by atoms with Gasteiger partial charge in [-0.05, 0) is 45.1 Å². The van der Waals surface area contributed by atoms with Crippen LogP contribution < -0.4 is 5.32 Å². The number of morpholine rings is 1. The summed E-state index contributed by atoms with van der Waals surface area (Å²) in [6.07, 6.45) is 38.7.